The highest BCUT2D eigenvalue weighted by Gasteiger charge is 2.56. The Morgan fingerprint density at radius 3 is 1.54 bits per heavy atom. The third kappa shape index (κ3) is 13.9. The van der Waals surface area contributed by atoms with Crippen molar-refractivity contribution in [1.29, 1.82) is 0 Å². The van der Waals surface area contributed by atoms with Crippen molar-refractivity contribution in [2.75, 3.05) is 45.4 Å². The number of rotatable bonds is 21. The van der Waals surface area contributed by atoms with Crippen LogP contribution in [0.1, 0.15) is 72.6 Å². The number of benzene rings is 5. The molecule has 0 radical (unpaired) electrons. The number of hydrogen-bond donors (Lipinski definition) is 1. The van der Waals surface area contributed by atoms with Crippen LogP contribution in [0.25, 0.3) is 10.8 Å². The summed E-state index contributed by atoms with van der Waals surface area (Å²) < 4.78 is 89.8. The van der Waals surface area contributed by atoms with Gasteiger partial charge in [0.05, 0.1) is 34.8 Å². The molecule has 2 aliphatic heterocycles. The summed E-state index contributed by atoms with van der Waals surface area (Å²) >= 11 is 0. The van der Waals surface area contributed by atoms with Crippen LogP contribution in [-0.2, 0) is 52.0 Å². The first-order valence-corrected chi connectivity index (χ1v) is 32.9. The molecule has 0 bridgehead atoms. The molecule has 0 aliphatic carbocycles. The van der Waals surface area contributed by atoms with E-state index in [0.29, 0.717) is 5.39 Å². The minimum atomic E-state index is -4.02. The molecular weight excluding hydrogens is 1020 g/mol. The van der Waals surface area contributed by atoms with Gasteiger partial charge in [-0.1, -0.05) is 120 Å². The minimum Gasteiger partial charge on any atom is -0.459 e. The van der Waals surface area contributed by atoms with Crippen LogP contribution in [-0.4, -0.2) is 133 Å². The summed E-state index contributed by atoms with van der Waals surface area (Å²) in [5.74, 6) is -2.13. The Morgan fingerprint density at radius 2 is 1.01 bits per heavy atom. The van der Waals surface area contributed by atoms with E-state index in [0.717, 1.165) is 11.1 Å². The number of hydrogen-bond acceptors (Lipinski definition) is 15. The molecule has 0 amide bonds. The molecule has 76 heavy (non-hydrogen) atoms. The van der Waals surface area contributed by atoms with Crippen LogP contribution in [0.3, 0.4) is 0 Å². The van der Waals surface area contributed by atoms with Crippen LogP contribution in [0.4, 0.5) is 5.69 Å². The summed E-state index contributed by atoms with van der Waals surface area (Å²) in [6.07, 6.45) is -8.89. The monoisotopic (exact) mass is 1100 g/mol. The lowest BCUT2D eigenvalue weighted by Gasteiger charge is -2.44. The summed E-state index contributed by atoms with van der Waals surface area (Å²) in [5.41, 5.74) is 1.62. The summed E-state index contributed by atoms with van der Waals surface area (Å²) in [6, 6.07) is 35.8. The number of ether oxygens (including phenoxy) is 7. The fourth-order valence-corrected chi connectivity index (χ4v) is 12.2. The lowest BCUT2D eigenvalue weighted by atomic mass is 10.1. The quantitative estimate of drug-likeness (QED) is 0.0317. The molecule has 0 saturated carbocycles. The van der Waals surface area contributed by atoms with Gasteiger partial charge in [0.1, 0.15) is 31.0 Å². The predicted molar refractivity (Wildman–Crippen MR) is 295 cm³/mol. The zero-order valence-electron chi connectivity index (χ0n) is 45.6. The molecule has 7 rings (SSSR count). The van der Waals surface area contributed by atoms with Crippen LogP contribution in [0.5, 0.6) is 0 Å². The van der Waals surface area contributed by atoms with Crippen molar-refractivity contribution in [1.82, 2.24) is 4.72 Å². The number of esters is 3. The molecule has 19 heteroatoms. The fourth-order valence-electron chi connectivity index (χ4n) is 8.34. The first-order chi connectivity index (χ1) is 35.8. The van der Waals surface area contributed by atoms with E-state index < -0.39 is 100 Å². The molecule has 2 fully saturated rings. The van der Waals surface area contributed by atoms with Gasteiger partial charge < -0.3 is 46.9 Å². The third-order valence-electron chi connectivity index (χ3n) is 14.6. The van der Waals surface area contributed by atoms with E-state index in [1.54, 1.807) is 109 Å². The number of sulfonamides is 1. The van der Waals surface area contributed by atoms with Crippen LogP contribution in [0.15, 0.2) is 132 Å². The van der Waals surface area contributed by atoms with Gasteiger partial charge in [-0.25, -0.2) is 27.5 Å². The molecule has 2 saturated heterocycles. The number of fused-ring (bicyclic) bond motifs is 1. The van der Waals surface area contributed by atoms with E-state index in [1.165, 1.54) is 0 Å². The van der Waals surface area contributed by atoms with Gasteiger partial charge in [0, 0.05) is 37.1 Å². The van der Waals surface area contributed by atoms with E-state index in [4.69, 9.17) is 42.0 Å². The maximum atomic E-state index is 14.0. The molecule has 2 heterocycles. The summed E-state index contributed by atoms with van der Waals surface area (Å²) in [7, 11) is -5.48. The summed E-state index contributed by atoms with van der Waals surface area (Å²) in [6.45, 7) is 20.4. The molecule has 5 aromatic carbocycles. The predicted octanol–water partition coefficient (Wildman–Crippen LogP) is 9.76. The average molecular weight is 1100 g/mol. The van der Waals surface area contributed by atoms with E-state index >= 15 is 0 Å². The van der Waals surface area contributed by atoms with Crippen molar-refractivity contribution >= 4 is 61.0 Å². The van der Waals surface area contributed by atoms with Crippen molar-refractivity contribution in [2.45, 2.75) is 132 Å². The van der Waals surface area contributed by atoms with Gasteiger partial charge in [-0.2, -0.15) is 0 Å². The molecule has 0 unspecified atom stereocenters. The molecule has 0 aromatic heterocycles. The normalized spacial score (nSPS) is 22.3. The average Bonchev–Trinajstić information content (AvgIpc) is 3.88. The summed E-state index contributed by atoms with van der Waals surface area (Å²) in [4.78, 5) is 43.2. The molecule has 410 valence electrons. The number of nitrogens with one attached hydrogen (secondary N) is 1. The second kappa shape index (κ2) is 24.1. The molecule has 2 aliphatic rings. The second-order valence-corrected chi connectivity index (χ2v) is 33.6. The Bertz CT molecular complexity index is 2880. The van der Waals surface area contributed by atoms with Crippen molar-refractivity contribution in [3.05, 3.63) is 144 Å². The van der Waals surface area contributed by atoms with Gasteiger partial charge in [-0.05, 0) is 84.8 Å². The van der Waals surface area contributed by atoms with Gasteiger partial charge >= 0.3 is 17.9 Å². The number of carbonyl (C=O) groups excluding carboxylic acids is 3. The molecule has 0 spiro atoms. The van der Waals surface area contributed by atoms with Gasteiger partial charge in [-0.3, -0.25) is 0 Å². The van der Waals surface area contributed by atoms with E-state index in [-0.39, 0.29) is 51.4 Å². The van der Waals surface area contributed by atoms with E-state index in [1.807, 2.05) is 37.2 Å². The first-order valence-electron chi connectivity index (χ1n) is 25.6. The van der Waals surface area contributed by atoms with Crippen LogP contribution < -0.4 is 9.62 Å². The maximum absolute atomic E-state index is 14.0. The van der Waals surface area contributed by atoms with E-state index in [9.17, 15) is 22.8 Å². The lowest BCUT2D eigenvalue weighted by molar-refractivity contribution is -0.205. The Balaban J connectivity index is 1.19. The highest BCUT2D eigenvalue weighted by Crippen LogP contribution is 2.44. The first kappa shape index (κ1) is 58.4. The van der Waals surface area contributed by atoms with Crippen molar-refractivity contribution in [2.24, 2.45) is 0 Å². The Labute approximate surface area is 449 Å². The van der Waals surface area contributed by atoms with Crippen molar-refractivity contribution in [3.63, 3.8) is 0 Å². The van der Waals surface area contributed by atoms with Gasteiger partial charge in [-0.15, -0.1) is 0 Å². The zero-order valence-corrected chi connectivity index (χ0v) is 48.5. The van der Waals surface area contributed by atoms with Crippen LogP contribution in [0, 0.1) is 0 Å². The third-order valence-corrected chi connectivity index (χ3v) is 25.1. The zero-order chi connectivity index (χ0) is 55.2. The highest BCUT2D eigenvalue weighted by atomic mass is 32.2. The fraction of sp³-hybridized carbons (Fsp3) is 0.456. The standard InChI is InChI=1S/C57H74N2O14SSi2/c1-56(2,3)75(9,10)72-48-45(69-55(50(48)73-76(11,12)57(4,5)6)65-35-34-58-74(63,64)46-33-23-30-41-42(46)31-22-32-43(41)59(7)8)37-67-54-49(71-53(62)40-28-20-15-21-29-40)47(70-52(61)39-26-18-14-19-27-39)44(68-54)36-66-51(60)38-24-16-13-17-25-38/h13-33,44-45,47-50,54-55,58H,34-37H2,1-12H3/t44-,45-,47-,48-,49+,50+,54+,55+/m1/s1. The minimum absolute atomic E-state index is 0.0998. The number of nitrogens with zero attached hydrogens (tertiary/aromatic N) is 1. The van der Waals surface area contributed by atoms with Crippen molar-refractivity contribution in [3.8, 4) is 0 Å². The Kier molecular flexibility index (Phi) is 18.5. The smallest absolute Gasteiger partial charge is 0.338 e. The van der Waals surface area contributed by atoms with Gasteiger partial charge in [0.25, 0.3) is 0 Å². The molecule has 1 N–H and O–H groups in total. The molecule has 8 atom stereocenters. The second-order valence-electron chi connectivity index (χ2n) is 22.3. The van der Waals surface area contributed by atoms with Crippen molar-refractivity contribution < 1.29 is 64.8 Å². The topological polar surface area (TPSA) is 184 Å². The SMILES string of the molecule is CN(C)c1cccc2c(S(=O)(=O)NCCO[C@H]3O[C@H](CO[C@H]4O[C@H](COC(=O)c5ccccc5)[C@@H](OC(=O)c5ccccc5)[C@@H]4OC(=O)c4ccccc4)[C@@H](O[Si](C)(C)C(C)(C)C)[C@@H]3O[Si](C)(C)C(C)(C)C)cccc12. The van der Waals surface area contributed by atoms with Crippen LogP contribution >= 0.6 is 0 Å². The Hall–Kier alpha value is -5.33. The summed E-state index contributed by atoms with van der Waals surface area (Å²) in [5, 5.41) is 0.859. The van der Waals surface area contributed by atoms with E-state index in [2.05, 4.69) is 72.5 Å². The molecule has 5 aromatic rings. The molecular formula is C57H74N2O14SSi2. The van der Waals surface area contributed by atoms with Gasteiger partial charge in [0.15, 0.2) is 41.4 Å². The van der Waals surface area contributed by atoms with Crippen LogP contribution in [0.2, 0.25) is 36.3 Å². The van der Waals surface area contributed by atoms with Gasteiger partial charge in [0.2, 0.25) is 10.0 Å². The molecule has 16 nitrogen and oxygen atoms in total. The number of carbonyl (C=O) groups is 3. The maximum Gasteiger partial charge on any atom is 0.338 e. The largest absolute Gasteiger partial charge is 0.459 e. The number of anilines is 1. The lowest BCUT2D eigenvalue weighted by Crippen LogP contribution is -2.55. The highest BCUT2D eigenvalue weighted by molar-refractivity contribution is 7.89. The Morgan fingerprint density at radius 1 is 0.553 bits per heavy atom.